The Balaban J connectivity index is 1.58. The molecule has 1 saturated heterocycles. The Morgan fingerprint density at radius 2 is 2.05 bits per heavy atom. The van der Waals surface area contributed by atoms with E-state index in [1.165, 1.54) is 18.4 Å². The first kappa shape index (κ1) is 15.4. The second kappa shape index (κ2) is 9.00. The van der Waals surface area contributed by atoms with E-state index in [1.54, 1.807) is 0 Å². The Kier molecular flexibility index (Phi) is 7.27. The highest BCUT2D eigenvalue weighted by molar-refractivity contribution is 8.00. The molecule has 1 aromatic rings. The van der Waals surface area contributed by atoms with Crippen molar-refractivity contribution in [3.63, 3.8) is 0 Å². The first-order valence-corrected chi connectivity index (χ1v) is 9.52. The van der Waals surface area contributed by atoms with Crippen LogP contribution in [0.25, 0.3) is 0 Å². The van der Waals surface area contributed by atoms with E-state index < -0.39 is 0 Å². The van der Waals surface area contributed by atoms with E-state index in [9.17, 15) is 0 Å². The van der Waals surface area contributed by atoms with E-state index in [0.717, 1.165) is 26.4 Å². The van der Waals surface area contributed by atoms with E-state index in [0.29, 0.717) is 20.5 Å². The van der Waals surface area contributed by atoms with Crippen molar-refractivity contribution in [3.8, 4) is 0 Å². The van der Waals surface area contributed by atoms with Gasteiger partial charge < -0.3 is 14.6 Å². The first-order chi connectivity index (χ1) is 9.38. The molecule has 0 spiro atoms. The fourth-order valence-electron chi connectivity index (χ4n) is 2.33. The molecule has 106 valence electrons. The Bertz CT molecular complexity index is 343. The van der Waals surface area contributed by atoms with Crippen LogP contribution in [0.1, 0.15) is 18.4 Å². The number of hydrogen-bond acceptors (Lipinski definition) is 3. The fraction of sp³-hybridized carbons (Fsp3) is 0.571. The molecule has 3 nitrogen and oxygen atoms in total. The van der Waals surface area contributed by atoms with Gasteiger partial charge in [0.05, 0.1) is 19.8 Å². The van der Waals surface area contributed by atoms with Gasteiger partial charge in [-0.25, -0.2) is 0 Å². The number of nitrogens with one attached hydrogen (secondary N) is 1. The zero-order valence-electron chi connectivity index (χ0n) is 11.2. The van der Waals surface area contributed by atoms with Crippen molar-refractivity contribution in [2.24, 2.45) is 5.92 Å². The van der Waals surface area contributed by atoms with Gasteiger partial charge in [-0.1, -0.05) is 39.3 Å². The third kappa shape index (κ3) is 5.85. The third-order valence-electron chi connectivity index (χ3n) is 3.45. The average molecular weight is 299 g/mol. The third-order valence-corrected chi connectivity index (χ3v) is 4.28. The van der Waals surface area contributed by atoms with Gasteiger partial charge in [-0.3, -0.25) is 0 Å². The van der Waals surface area contributed by atoms with Gasteiger partial charge in [0.15, 0.2) is 0 Å². The molecule has 1 aromatic carbocycles. The fourth-order valence-corrected chi connectivity index (χ4v) is 2.91. The standard InChI is InChI=1S/C14H23NO2P2/c18-19-17-11-14-7-6-13(8-15-14)10-16-9-12-4-2-1-3-5-12/h1-5,13-15,19H,6-11,18H2/t13?,14-/m0/s1. The van der Waals surface area contributed by atoms with Crippen LogP contribution in [0.15, 0.2) is 30.3 Å². The zero-order valence-corrected chi connectivity index (χ0v) is 13.3. The van der Waals surface area contributed by atoms with Crippen LogP contribution < -0.4 is 5.32 Å². The van der Waals surface area contributed by atoms with Crippen LogP contribution in [0.3, 0.4) is 0 Å². The Labute approximate surface area is 119 Å². The van der Waals surface area contributed by atoms with E-state index >= 15 is 0 Å². The van der Waals surface area contributed by atoms with Crippen molar-refractivity contribution >= 4 is 17.4 Å². The summed E-state index contributed by atoms with van der Waals surface area (Å²) in [4.78, 5) is 0. The molecule has 2 rings (SSSR count). The lowest BCUT2D eigenvalue weighted by Gasteiger charge is -2.29. The molecule has 1 aliphatic rings. The van der Waals surface area contributed by atoms with Gasteiger partial charge in [0.25, 0.3) is 0 Å². The lowest BCUT2D eigenvalue weighted by Crippen LogP contribution is -2.42. The summed E-state index contributed by atoms with van der Waals surface area (Å²) in [7, 11) is 3.13. The first-order valence-electron chi connectivity index (χ1n) is 6.81. The summed E-state index contributed by atoms with van der Waals surface area (Å²) in [5.41, 5.74) is 1.25. The van der Waals surface area contributed by atoms with Crippen LogP contribution in [0.5, 0.6) is 0 Å². The van der Waals surface area contributed by atoms with Crippen molar-refractivity contribution in [1.82, 2.24) is 5.32 Å². The largest absolute Gasteiger partial charge is 0.376 e. The van der Waals surface area contributed by atoms with Crippen LogP contribution in [-0.4, -0.2) is 25.8 Å². The van der Waals surface area contributed by atoms with Crippen molar-refractivity contribution in [2.45, 2.75) is 25.5 Å². The quantitative estimate of drug-likeness (QED) is 0.785. The SMILES string of the molecule is PPOC[C@@H]1CCC(COCc2ccccc2)CN1. The minimum atomic E-state index is 0.512. The van der Waals surface area contributed by atoms with Gasteiger partial charge in [0, 0.05) is 21.1 Å². The lowest BCUT2D eigenvalue weighted by atomic mass is 9.96. The molecule has 3 unspecified atom stereocenters. The molecule has 19 heavy (non-hydrogen) atoms. The topological polar surface area (TPSA) is 30.5 Å². The van der Waals surface area contributed by atoms with Gasteiger partial charge in [-0.15, -0.1) is 0 Å². The summed E-state index contributed by atoms with van der Waals surface area (Å²) in [6.45, 7) is 3.45. The minimum absolute atomic E-state index is 0.512. The number of ether oxygens (including phenoxy) is 1. The summed E-state index contributed by atoms with van der Waals surface area (Å²) >= 11 is 0. The van der Waals surface area contributed by atoms with Gasteiger partial charge in [-0.2, -0.15) is 0 Å². The molecule has 1 aliphatic heterocycles. The van der Waals surface area contributed by atoms with E-state index in [4.69, 9.17) is 9.26 Å². The molecule has 1 fully saturated rings. The summed E-state index contributed by atoms with van der Waals surface area (Å²) in [5, 5.41) is 3.54. The van der Waals surface area contributed by atoms with E-state index in [1.807, 2.05) is 6.07 Å². The molecule has 0 amide bonds. The summed E-state index contributed by atoms with van der Waals surface area (Å²) in [5.74, 6) is 0.637. The van der Waals surface area contributed by atoms with Gasteiger partial charge in [0.1, 0.15) is 0 Å². The maximum absolute atomic E-state index is 5.80. The Morgan fingerprint density at radius 1 is 1.21 bits per heavy atom. The van der Waals surface area contributed by atoms with Gasteiger partial charge in [-0.05, 0) is 24.3 Å². The minimum Gasteiger partial charge on any atom is -0.376 e. The van der Waals surface area contributed by atoms with Gasteiger partial charge in [0.2, 0.25) is 0 Å². The second-order valence-corrected chi connectivity index (χ2v) is 6.21. The molecule has 1 N–H and O–H groups in total. The van der Waals surface area contributed by atoms with Crippen LogP contribution in [-0.2, 0) is 15.9 Å². The summed E-state index contributed by atoms with van der Waals surface area (Å²) in [6, 6.07) is 10.9. The molecule has 0 aliphatic carbocycles. The molecule has 0 saturated carbocycles. The number of benzene rings is 1. The highest BCUT2D eigenvalue weighted by Crippen LogP contribution is 2.23. The maximum atomic E-state index is 5.80. The molecular weight excluding hydrogens is 276 g/mol. The highest BCUT2D eigenvalue weighted by Gasteiger charge is 2.20. The van der Waals surface area contributed by atoms with Crippen LogP contribution in [0.4, 0.5) is 0 Å². The number of piperidine rings is 1. The summed E-state index contributed by atoms with van der Waals surface area (Å²) < 4.78 is 11.2. The van der Waals surface area contributed by atoms with E-state index in [2.05, 4.69) is 38.5 Å². The molecule has 4 atom stereocenters. The van der Waals surface area contributed by atoms with Crippen LogP contribution >= 0.6 is 17.4 Å². The van der Waals surface area contributed by atoms with Crippen molar-refractivity contribution < 1.29 is 9.26 Å². The van der Waals surface area contributed by atoms with Crippen molar-refractivity contribution in [2.75, 3.05) is 19.8 Å². The predicted molar refractivity (Wildman–Crippen MR) is 84.6 cm³/mol. The molecule has 0 bridgehead atoms. The monoisotopic (exact) mass is 299 g/mol. The average Bonchev–Trinajstić information content (AvgIpc) is 2.47. The predicted octanol–water partition coefficient (Wildman–Crippen LogP) is 2.97. The normalized spacial score (nSPS) is 24.1. The molecule has 1 heterocycles. The van der Waals surface area contributed by atoms with Gasteiger partial charge >= 0.3 is 0 Å². The highest BCUT2D eigenvalue weighted by atomic mass is 32.0. The second-order valence-electron chi connectivity index (χ2n) is 4.98. The van der Waals surface area contributed by atoms with Crippen LogP contribution in [0.2, 0.25) is 0 Å². The lowest BCUT2D eigenvalue weighted by molar-refractivity contribution is 0.0709. The maximum Gasteiger partial charge on any atom is 0.0717 e. The Hall–Kier alpha value is -0.0400. The van der Waals surface area contributed by atoms with Crippen LogP contribution in [0, 0.1) is 5.92 Å². The molecule has 0 aromatic heterocycles. The molecule has 5 heteroatoms. The zero-order chi connectivity index (χ0) is 13.3. The Morgan fingerprint density at radius 3 is 2.74 bits per heavy atom. The van der Waals surface area contributed by atoms with E-state index in [-0.39, 0.29) is 0 Å². The van der Waals surface area contributed by atoms with Crippen molar-refractivity contribution in [1.29, 1.82) is 0 Å². The summed E-state index contributed by atoms with van der Waals surface area (Å²) in [6.07, 6.45) is 2.42. The number of hydrogen-bond donors (Lipinski definition) is 1. The molecular formula is C14H23NO2P2. The number of rotatable bonds is 7. The molecule has 0 radical (unpaired) electrons. The van der Waals surface area contributed by atoms with Crippen molar-refractivity contribution in [3.05, 3.63) is 35.9 Å². The smallest absolute Gasteiger partial charge is 0.0717 e.